The van der Waals surface area contributed by atoms with Gasteiger partial charge in [0, 0.05) is 25.5 Å². The summed E-state index contributed by atoms with van der Waals surface area (Å²) in [6, 6.07) is 6.40. The summed E-state index contributed by atoms with van der Waals surface area (Å²) in [5.41, 5.74) is 1.37. The molecule has 0 saturated carbocycles. The van der Waals surface area contributed by atoms with Crippen LogP contribution in [0.15, 0.2) is 24.4 Å². The molecule has 2 heteroatoms. The third kappa shape index (κ3) is 5.84. The average molecular weight is 225 g/mol. The zero-order valence-corrected chi connectivity index (χ0v) is 10.6. The normalized spacial score (nSPS) is 9.88. The van der Waals surface area contributed by atoms with Crippen LogP contribution in [-0.4, -0.2) is 0 Å². The highest BCUT2D eigenvalue weighted by atomic mass is 19.0. The first kappa shape index (κ1) is 15.1. The predicted molar refractivity (Wildman–Crippen MR) is 64.8 cm³/mol. The van der Waals surface area contributed by atoms with Crippen LogP contribution >= 0.6 is 0 Å². The summed E-state index contributed by atoms with van der Waals surface area (Å²) in [4.78, 5) is 0. The third-order valence-electron chi connectivity index (χ3n) is 2.92. The number of nitrogens with zero attached hydrogens (tertiary/aromatic N) is 1. The maximum Gasteiger partial charge on any atom is 0.178 e. The molecule has 0 saturated heterocycles. The summed E-state index contributed by atoms with van der Waals surface area (Å²) in [6.07, 6.45) is 10.4. The minimum Gasteiger partial charge on any atom is -1.00 e. The Kier molecular flexibility index (Phi) is 8.78. The Bertz CT molecular complexity index is 273. The van der Waals surface area contributed by atoms with Crippen molar-refractivity contribution < 1.29 is 9.27 Å². The summed E-state index contributed by atoms with van der Waals surface area (Å²) in [5.74, 6) is 0. The lowest BCUT2D eigenvalue weighted by Gasteiger charge is -2.00. The summed E-state index contributed by atoms with van der Waals surface area (Å²) in [7, 11) is 0. The topological polar surface area (TPSA) is 3.88 Å². The quantitative estimate of drug-likeness (QED) is 0.474. The zero-order valence-electron chi connectivity index (χ0n) is 10.6. The van der Waals surface area contributed by atoms with E-state index in [0.29, 0.717) is 0 Å². The van der Waals surface area contributed by atoms with Crippen molar-refractivity contribution in [3.8, 4) is 0 Å². The molecule has 92 valence electrons. The van der Waals surface area contributed by atoms with E-state index < -0.39 is 0 Å². The molecule has 0 aliphatic carbocycles. The fraction of sp³-hybridized carbons (Fsp3) is 0.643. The van der Waals surface area contributed by atoms with Gasteiger partial charge in [-0.1, -0.05) is 38.7 Å². The lowest BCUT2D eigenvalue weighted by atomic mass is 10.1. The maximum absolute atomic E-state index is 2.35. The first-order valence-corrected chi connectivity index (χ1v) is 6.29. The molecule has 0 aliphatic heterocycles. The number of rotatable bonds is 7. The molecule has 0 radical (unpaired) electrons. The maximum atomic E-state index is 2.35. The van der Waals surface area contributed by atoms with Gasteiger partial charge in [-0.2, -0.15) is 0 Å². The molecule has 0 amide bonds. The predicted octanol–water partition coefficient (Wildman–Crippen LogP) is 0.647. The van der Waals surface area contributed by atoms with Gasteiger partial charge in [-0.05, 0) is 6.42 Å². The van der Waals surface area contributed by atoms with E-state index >= 15 is 0 Å². The SMILES string of the molecule is CCCCCCCC[n+]1ccccc1C.[F-]. The molecule has 0 unspecified atom stereocenters. The molecule has 0 fully saturated rings. The van der Waals surface area contributed by atoms with Crippen LogP contribution in [0.4, 0.5) is 0 Å². The summed E-state index contributed by atoms with van der Waals surface area (Å²) in [6.45, 7) is 5.62. The van der Waals surface area contributed by atoms with Gasteiger partial charge in [0.05, 0.1) is 0 Å². The first-order valence-electron chi connectivity index (χ1n) is 6.29. The molecule has 0 bridgehead atoms. The lowest BCUT2D eigenvalue weighted by Crippen LogP contribution is -3.00. The average Bonchev–Trinajstić information content (AvgIpc) is 2.25. The molecule has 1 aromatic rings. The van der Waals surface area contributed by atoms with Gasteiger partial charge in [-0.25, -0.2) is 4.57 Å². The standard InChI is InChI=1S/C14H24N.FH/c1-3-4-5-6-7-9-12-15-13-10-8-11-14(15)2;/h8,10-11,13H,3-7,9,12H2,1-2H3;1H/q+1;/p-1. The van der Waals surface area contributed by atoms with Gasteiger partial charge in [0.25, 0.3) is 0 Å². The van der Waals surface area contributed by atoms with Crippen molar-refractivity contribution in [1.82, 2.24) is 0 Å². The Morgan fingerprint density at radius 2 is 1.69 bits per heavy atom. The van der Waals surface area contributed by atoms with E-state index in [9.17, 15) is 0 Å². The van der Waals surface area contributed by atoms with Crippen LogP contribution in [-0.2, 0) is 6.54 Å². The minimum absolute atomic E-state index is 0. The Hall–Kier alpha value is -0.920. The molecule has 0 spiro atoms. The fourth-order valence-electron chi connectivity index (χ4n) is 1.88. The highest BCUT2D eigenvalue weighted by Gasteiger charge is 2.02. The number of aromatic nitrogens is 1. The van der Waals surface area contributed by atoms with Gasteiger partial charge in [-0.15, -0.1) is 0 Å². The van der Waals surface area contributed by atoms with E-state index in [2.05, 4.69) is 42.8 Å². The van der Waals surface area contributed by atoms with Crippen LogP contribution in [0.3, 0.4) is 0 Å². The molecule has 0 N–H and O–H groups in total. The zero-order chi connectivity index (χ0) is 10.9. The van der Waals surface area contributed by atoms with Crippen molar-refractivity contribution in [2.75, 3.05) is 0 Å². The monoisotopic (exact) mass is 225 g/mol. The third-order valence-corrected chi connectivity index (χ3v) is 2.92. The summed E-state index contributed by atoms with van der Waals surface area (Å²) < 4.78 is 2.35. The van der Waals surface area contributed by atoms with Crippen LogP contribution < -0.4 is 9.27 Å². The largest absolute Gasteiger partial charge is 1.00 e. The van der Waals surface area contributed by atoms with Crippen molar-refractivity contribution in [2.45, 2.75) is 58.9 Å². The van der Waals surface area contributed by atoms with Crippen molar-refractivity contribution in [3.05, 3.63) is 30.1 Å². The minimum atomic E-state index is 0. The van der Waals surface area contributed by atoms with E-state index in [1.54, 1.807) is 0 Å². The molecule has 1 nitrogen and oxygen atoms in total. The van der Waals surface area contributed by atoms with Gasteiger partial charge in [0.15, 0.2) is 11.9 Å². The fourth-order valence-corrected chi connectivity index (χ4v) is 1.88. The molecular weight excluding hydrogens is 201 g/mol. The molecule has 1 aromatic heterocycles. The molecule has 1 rings (SSSR count). The van der Waals surface area contributed by atoms with Gasteiger partial charge >= 0.3 is 0 Å². The number of unbranched alkanes of at least 4 members (excludes halogenated alkanes) is 5. The Labute approximate surface area is 98.9 Å². The van der Waals surface area contributed by atoms with E-state index in [1.165, 1.54) is 50.8 Å². The van der Waals surface area contributed by atoms with E-state index in [0.717, 1.165) is 0 Å². The Morgan fingerprint density at radius 1 is 1.00 bits per heavy atom. The molecule has 1 heterocycles. The van der Waals surface area contributed by atoms with Crippen LogP contribution in [0.2, 0.25) is 0 Å². The van der Waals surface area contributed by atoms with Crippen LogP contribution in [0.25, 0.3) is 0 Å². The number of hydrogen-bond donors (Lipinski definition) is 0. The van der Waals surface area contributed by atoms with Crippen molar-refractivity contribution in [2.24, 2.45) is 0 Å². The Morgan fingerprint density at radius 3 is 2.38 bits per heavy atom. The summed E-state index contributed by atoms with van der Waals surface area (Å²) >= 11 is 0. The van der Waals surface area contributed by atoms with Crippen LogP contribution in [0.5, 0.6) is 0 Å². The second kappa shape index (κ2) is 9.32. The van der Waals surface area contributed by atoms with E-state index in [-0.39, 0.29) is 4.70 Å². The number of aryl methyl sites for hydroxylation is 2. The number of pyridine rings is 1. The van der Waals surface area contributed by atoms with Gasteiger partial charge in [-0.3, -0.25) is 0 Å². The summed E-state index contributed by atoms with van der Waals surface area (Å²) in [5, 5.41) is 0. The second-order valence-corrected chi connectivity index (χ2v) is 4.30. The van der Waals surface area contributed by atoms with E-state index in [1.807, 2.05) is 0 Å². The molecule has 16 heavy (non-hydrogen) atoms. The smallest absolute Gasteiger partial charge is 0.178 e. The highest BCUT2D eigenvalue weighted by Crippen LogP contribution is 2.04. The second-order valence-electron chi connectivity index (χ2n) is 4.30. The molecular formula is C14H24FN. The van der Waals surface area contributed by atoms with Gasteiger partial charge in [0.1, 0.15) is 6.54 Å². The van der Waals surface area contributed by atoms with Crippen molar-refractivity contribution in [1.29, 1.82) is 0 Å². The van der Waals surface area contributed by atoms with Gasteiger partial charge in [0.2, 0.25) is 0 Å². The lowest BCUT2D eigenvalue weighted by molar-refractivity contribution is -0.703. The van der Waals surface area contributed by atoms with Crippen LogP contribution in [0.1, 0.15) is 51.1 Å². The number of hydrogen-bond acceptors (Lipinski definition) is 0. The van der Waals surface area contributed by atoms with Crippen LogP contribution in [0, 0.1) is 6.92 Å². The van der Waals surface area contributed by atoms with Crippen molar-refractivity contribution >= 4 is 0 Å². The van der Waals surface area contributed by atoms with Crippen molar-refractivity contribution in [3.63, 3.8) is 0 Å². The Balaban J connectivity index is 0.00000225. The number of halogens is 1. The van der Waals surface area contributed by atoms with Gasteiger partial charge < -0.3 is 4.70 Å². The molecule has 0 atom stereocenters. The molecule has 0 aliphatic rings. The highest BCUT2D eigenvalue weighted by molar-refractivity contribution is 4.93. The first-order chi connectivity index (χ1) is 7.34. The van der Waals surface area contributed by atoms with E-state index in [4.69, 9.17) is 0 Å². The molecule has 0 aromatic carbocycles.